The molecule has 0 unspecified atom stereocenters. The molecule has 27 heavy (non-hydrogen) atoms. The zero-order valence-electron chi connectivity index (χ0n) is 15.4. The van der Waals surface area contributed by atoms with Gasteiger partial charge in [-0.2, -0.15) is 0 Å². The van der Waals surface area contributed by atoms with Crippen molar-refractivity contribution in [2.75, 3.05) is 6.54 Å². The van der Waals surface area contributed by atoms with Crippen molar-refractivity contribution >= 4 is 29.2 Å². The van der Waals surface area contributed by atoms with Gasteiger partial charge in [-0.05, 0) is 46.7 Å². The molecule has 0 bridgehead atoms. The molecule has 0 spiro atoms. The van der Waals surface area contributed by atoms with Crippen molar-refractivity contribution in [3.8, 4) is 0 Å². The first kappa shape index (κ1) is 22.8. The lowest BCUT2D eigenvalue weighted by atomic mass is 9.98. The predicted molar refractivity (Wildman–Crippen MR) is 111 cm³/mol. The second-order valence-corrected chi connectivity index (χ2v) is 7.17. The molecule has 2 aromatic rings. The van der Waals surface area contributed by atoms with Gasteiger partial charge in [-0.15, -0.1) is 0 Å². The molecule has 5 nitrogen and oxygen atoms in total. The Bertz CT molecular complexity index is 783. The van der Waals surface area contributed by atoms with Crippen LogP contribution in [-0.2, 0) is 17.6 Å². The molecule has 7 heteroatoms. The number of carbonyl (C=O) groups is 1. The van der Waals surface area contributed by atoms with Crippen LogP contribution in [0.15, 0.2) is 47.6 Å². The smallest absolute Gasteiger partial charge is 0.307 e. The van der Waals surface area contributed by atoms with Crippen LogP contribution in [0, 0.1) is 5.92 Å². The number of nitrogens with zero attached hydrogens (tertiary/aromatic N) is 3. The fraction of sp³-hybridized carbons (Fsp3) is 0.350. The molecule has 0 aliphatic rings. The first-order valence-electron chi connectivity index (χ1n) is 8.57. The zero-order chi connectivity index (χ0) is 20.2. The Balaban J connectivity index is 0.000000387. The molecule has 0 saturated heterocycles. The molecule has 0 fully saturated rings. The standard InChI is InChI=1S/C15H12Cl2O2.C5H11N3/c16-13-6-3-7-14(17)12(13)8-10-4-1-2-5-11(10)9-15(18)19;1-5(2)3-4-7-8-6/h1-7H,8-9H2,(H,18,19);5H,3-4H2,1-2H3. The minimum atomic E-state index is -0.849. The van der Waals surface area contributed by atoms with E-state index >= 15 is 0 Å². The molecule has 0 heterocycles. The summed E-state index contributed by atoms with van der Waals surface area (Å²) in [5, 5.41) is 13.5. The Morgan fingerprint density at radius 2 is 1.70 bits per heavy atom. The average molecular weight is 408 g/mol. The van der Waals surface area contributed by atoms with Crippen molar-refractivity contribution in [1.29, 1.82) is 0 Å². The maximum atomic E-state index is 10.9. The van der Waals surface area contributed by atoms with E-state index in [9.17, 15) is 4.79 Å². The lowest BCUT2D eigenvalue weighted by molar-refractivity contribution is -0.136. The Morgan fingerprint density at radius 1 is 1.11 bits per heavy atom. The van der Waals surface area contributed by atoms with Gasteiger partial charge >= 0.3 is 5.97 Å². The first-order chi connectivity index (χ1) is 12.8. The van der Waals surface area contributed by atoms with E-state index in [1.807, 2.05) is 24.3 Å². The topological polar surface area (TPSA) is 86.1 Å². The molecule has 2 rings (SSSR count). The third-order valence-corrected chi connectivity index (χ3v) is 4.47. The summed E-state index contributed by atoms with van der Waals surface area (Å²) >= 11 is 12.3. The van der Waals surface area contributed by atoms with Gasteiger partial charge in [0.05, 0.1) is 6.42 Å². The van der Waals surface area contributed by atoms with Gasteiger partial charge in [-0.1, -0.05) is 72.5 Å². The number of hydrogen-bond donors (Lipinski definition) is 1. The maximum Gasteiger partial charge on any atom is 0.307 e. The van der Waals surface area contributed by atoms with E-state index in [-0.39, 0.29) is 6.42 Å². The van der Waals surface area contributed by atoms with Gasteiger partial charge in [0, 0.05) is 27.9 Å². The molecular weight excluding hydrogens is 385 g/mol. The van der Waals surface area contributed by atoms with Gasteiger partial charge in [-0.25, -0.2) is 0 Å². The van der Waals surface area contributed by atoms with Crippen molar-refractivity contribution in [2.45, 2.75) is 33.1 Å². The van der Waals surface area contributed by atoms with Crippen LogP contribution < -0.4 is 0 Å². The minimum Gasteiger partial charge on any atom is -0.481 e. The van der Waals surface area contributed by atoms with Crippen molar-refractivity contribution in [3.63, 3.8) is 0 Å². The Labute approximate surface area is 169 Å². The van der Waals surface area contributed by atoms with Crippen LogP contribution in [0.5, 0.6) is 0 Å². The monoisotopic (exact) mass is 407 g/mol. The number of carboxylic acid groups (broad SMARTS) is 1. The van der Waals surface area contributed by atoms with E-state index in [1.165, 1.54) is 0 Å². The van der Waals surface area contributed by atoms with Crippen LogP contribution >= 0.6 is 23.2 Å². The second kappa shape index (κ2) is 12.2. The summed E-state index contributed by atoms with van der Waals surface area (Å²) in [6, 6.07) is 12.8. The van der Waals surface area contributed by atoms with Crippen LogP contribution in [0.1, 0.15) is 37.0 Å². The SMILES string of the molecule is CC(C)CCN=[N+]=[N-].O=C(O)Cc1ccccc1Cc1c(Cl)cccc1Cl. The zero-order valence-corrected chi connectivity index (χ0v) is 16.9. The van der Waals surface area contributed by atoms with E-state index in [2.05, 4.69) is 23.9 Å². The highest BCUT2D eigenvalue weighted by Crippen LogP contribution is 2.27. The molecule has 0 aromatic heterocycles. The molecule has 144 valence electrons. The van der Waals surface area contributed by atoms with Crippen molar-refractivity contribution < 1.29 is 9.90 Å². The largest absolute Gasteiger partial charge is 0.481 e. The molecule has 0 aliphatic carbocycles. The highest BCUT2D eigenvalue weighted by atomic mass is 35.5. The van der Waals surface area contributed by atoms with Gasteiger partial charge in [0.1, 0.15) is 0 Å². The predicted octanol–water partition coefficient (Wildman–Crippen LogP) is 6.55. The number of rotatable bonds is 7. The Kier molecular flexibility index (Phi) is 10.3. The van der Waals surface area contributed by atoms with Gasteiger partial charge in [0.15, 0.2) is 0 Å². The first-order valence-corrected chi connectivity index (χ1v) is 9.33. The van der Waals surface area contributed by atoms with Crippen molar-refractivity contribution in [3.05, 3.63) is 79.6 Å². The van der Waals surface area contributed by atoms with Crippen LogP contribution in [0.3, 0.4) is 0 Å². The highest BCUT2D eigenvalue weighted by molar-refractivity contribution is 6.36. The van der Waals surface area contributed by atoms with Crippen LogP contribution in [0.2, 0.25) is 10.0 Å². The highest BCUT2D eigenvalue weighted by Gasteiger charge is 2.11. The lowest BCUT2D eigenvalue weighted by Gasteiger charge is -2.10. The number of azide groups is 1. The Morgan fingerprint density at radius 3 is 2.22 bits per heavy atom. The van der Waals surface area contributed by atoms with E-state index in [0.29, 0.717) is 28.9 Å². The van der Waals surface area contributed by atoms with Crippen LogP contribution in [-0.4, -0.2) is 17.6 Å². The van der Waals surface area contributed by atoms with E-state index in [0.717, 1.165) is 23.1 Å². The number of aliphatic carboxylic acids is 1. The van der Waals surface area contributed by atoms with Gasteiger partial charge in [0.2, 0.25) is 0 Å². The molecule has 0 aliphatic heterocycles. The molecular formula is C20H23Cl2N3O2. The van der Waals surface area contributed by atoms with E-state index < -0.39 is 5.97 Å². The Hall–Kier alpha value is -2.20. The molecule has 0 radical (unpaired) electrons. The average Bonchev–Trinajstić information content (AvgIpc) is 2.60. The number of benzene rings is 2. The van der Waals surface area contributed by atoms with Gasteiger partial charge < -0.3 is 5.11 Å². The quantitative estimate of drug-likeness (QED) is 0.320. The fourth-order valence-electron chi connectivity index (χ4n) is 2.32. The van der Waals surface area contributed by atoms with E-state index in [4.69, 9.17) is 33.8 Å². The number of halogens is 2. The summed E-state index contributed by atoms with van der Waals surface area (Å²) in [6.45, 7) is 4.84. The number of carboxylic acids is 1. The van der Waals surface area contributed by atoms with Crippen molar-refractivity contribution in [1.82, 2.24) is 0 Å². The summed E-state index contributed by atoms with van der Waals surface area (Å²) in [6.07, 6.45) is 1.52. The molecule has 0 saturated carbocycles. The summed E-state index contributed by atoms with van der Waals surface area (Å²) < 4.78 is 0. The third kappa shape index (κ3) is 8.83. The third-order valence-electron chi connectivity index (χ3n) is 3.76. The molecule has 0 amide bonds. The molecule has 2 aromatic carbocycles. The maximum absolute atomic E-state index is 10.9. The second-order valence-electron chi connectivity index (χ2n) is 6.35. The fourth-order valence-corrected chi connectivity index (χ4v) is 2.85. The summed E-state index contributed by atoms with van der Waals surface area (Å²) in [7, 11) is 0. The normalized spacial score (nSPS) is 9.96. The number of hydrogen-bond acceptors (Lipinski definition) is 2. The summed E-state index contributed by atoms with van der Waals surface area (Å²) in [4.78, 5) is 13.5. The molecule has 1 N–H and O–H groups in total. The summed E-state index contributed by atoms with van der Waals surface area (Å²) in [5.74, 6) is -0.210. The van der Waals surface area contributed by atoms with Crippen molar-refractivity contribution in [2.24, 2.45) is 11.0 Å². The molecule has 0 atom stereocenters. The minimum absolute atomic E-state index is 0.00174. The summed E-state index contributed by atoms with van der Waals surface area (Å²) in [5.41, 5.74) is 10.4. The van der Waals surface area contributed by atoms with Gasteiger partial charge in [0.25, 0.3) is 0 Å². The van der Waals surface area contributed by atoms with Gasteiger partial charge in [-0.3, -0.25) is 4.79 Å². The van der Waals surface area contributed by atoms with E-state index in [1.54, 1.807) is 18.2 Å². The van der Waals surface area contributed by atoms with Crippen LogP contribution in [0.4, 0.5) is 0 Å². The van der Waals surface area contributed by atoms with Crippen LogP contribution in [0.25, 0.3) is 10.4 Å². The lowest BCUT2D eigenvalue weighted by Crippen LogP contribution is -2.04.